The summed E-state index contributed by atoms with van der Waals surface area (Å²) in [5.41, 5.74) is 5.76. The Balaban J connectivity index is 2.07. The van der Waals surface area contributed by atoms with Crippen molar-refractivity contribution in [2.75, 3.05) is 12.4 Å². The molecule has 3 rings (SSSR count). The molecule has 0 fully saturated rings. The number of rotatable bonds is 6. The molecule has 8 heteroatoms. The van der Waals surface area contributed by atoms with E-state index in [0.29, 0.717) is 21.9 Å². The first kappa shape index (κ1) is 23.4. The van der Waals surface area contributed by atoms with Gasteiger partial charge in [0.2, 0.25) is 0 Å². The zero-order valence-corrected chi connectivity index (χ0v) is 19.6. The molecule has 1 aromatic carbocycles. The Morgan fingerprint density at radius 2 is 1.97 bits per heavy atom. The average Bonchev–Trinajstić information content (AvgIpc) is 2.73. The van der Waals surface area contributed by atoms with Crippen molar-refractivity contribution in [3.8, 4) is 6.07 Å². The Morgan fingerprint density at radius 3 is 2.66 bits per heavy atom. The number of benzene rings is 1. The van der Waals surface area contributed by atoms with Crippen LogP contribution in [0.1, 0.15) is 46.5 Å². The summed E-state index contributed by atoms with van der Waals surface area (Å²) in [6, 6.07) is 8.94. The van der Waals surface area contributed by atoms with Gasteiger partial charge in [-0.15, -0.1) is 0 Å². The summed E-state index contributed by atoms with van der Waals surface area (Å²) in [5, 5.41) is 15.8. The van der Waals surface area contributed by atoms with E-state index in [1.54, 1.807) is 6.92 Å². The fourth-order valence-electron chi connectivity index (χ4n) is 3.67. The number of hydrogen-bond acceptors (Lipinski definition) is 6. The predicted octanol–water partition coefficient (Wildman–Crippen LogP) is 4.15. The molecule has 0 bridgehead atoms. The lowest BCUT2D eigenvalue weighted by atomic mass is 9.91. The maximum absolute atomic E-state index is 13.0. The van der Waals surface area contributed by atoms with E-state index in [4.69, 9.17) is 4.74 Å². The molecule has 1 atom stereocenters. The van der Waals surface area contributed by atoms with Crippen LogP contribution in [0.15, 0.2) is 40.6 Å². The third kappa shape index (κ3) is 4.94. The van der Waals surface area contributed by atoms with Crippen molar-refractivity contribution in [3.05, 3.63) is 69.0 Å². The molecule has 0 saturated carbocycles. The van der Waals surface area contributed by atoms with Gasteiger partial charge in [-0.25, -0.2) is 14.6 Å². The lowest BCUT2D eigenvalue weighted by Crippen LogP contribution is -2.46. The Hall–Kier alpha value is -3.31. The molecule has 166 valence electrons. The number of urea groups is 1. The molecule has 0 saturated heterocycles. The van der Waals surface area contributed by atoms with Gasteiger partial charge in [0, 0.05) is 17.1 Å². The van der Waals surface area contributed by atoms with Gasteiger partial charge in [0.05, 0.1) is 23.8 Å². The van der Waals surface area contributed by atoms with E-state index in [9.17, 15) is 14.9 Å². The van der Waals surface area contributed by atoms with Crippen molar-refractivity contribution in [3.63, 3.8) is 0 Å². The van der Waals surface area contributed by atoms with Crippen LogP contribution in [0.2, 0.25) is 0 Å². The first-order valence-electron chi connectivity index (χ1n) is 10.3. The van der Waals surface area contributed by atoms with Gasteiger partial charge in [0.25, 0.3) is 0 Å². The Morgan fingerprint density at radius 1 is 1.22 bits per heavy atom. The molecule has 0 unspecified atom stereocenters. The quantitative estimate of drug-likeness (QED) is 0.506. The number of carbonyl (C=O) groups is 2. The van der Waals surface area contributed by atoms with Crippen LogP contribution in [0.5, 0.6) is 0 Å². The Labute approximate surface area is 192 Å². The molecule has 0 radical (unpaired) electrons. The first-order valence-corrected chi connectivity index (χ1v) is 11.3. The molecular weight excluding hydrogens is 424 g/mol. The number of hydrogen-bond donors (Lipinski definition) is 2. The molecule has 2 amide bonds. The van der Waals surface area contributed by atoms with Gasteiger partial charge in [0.15, 0.2) is 0 Å². The molecule has 2 N–H and O–H groups in total. The molecule has 2 heterocycles. The zero-order valence-electron chi connectivity index (χ0n) is 18.8. The van der Waals surface area contributed by atoms with Crippen LogP contribution in [0.3, 0.4) is 0 Å². The second-order valence-corrected chi connectivity index (χ2v) is 8.63. The number of aromatic nitrogens is 1. The monoisotopic (exact) mass is 450 g/mol. The number of aryl methyl sites for hydroxylation is 4. The number of esters is 1. The van der Waals surface area contributed by atoms with E-state index in [2.05, 4.69) is 21.7 Å². The number of pyridine rings is 1. The Bertz CT molecular complexity index is 1150. The van der Waals surface area contributed by atoms with Gasteiger partial charge in [-0.3, -0.25) is 0 Å². The number of nitrogens with zero attached hydrogens (tertiary/aromatic N) is 2. The zero-order chi connectivity index (χ0) is 23.4. The van der Waals surface area contributed by atoms with Crippen molar-refractivity contribution in [2.45, 2.75) is 45.7 Å². The van der Waals surface area contributed by atoms with E-state index in [1.807, 2.05) is 52.0 Å². The summed E-state index contributed by atoms with van der Waals surface area (Å²) in [6.45, 7) is 9.60. The van der Waals surface area contributed by atoms with Crippen molar-refractivity contribution in [1.82, 2.24) is 15.6 Å². The van der Waals surface area contributed by atoms with Gasteiger partial charge in [-0.05, 0) is 57.4 Å². The minimum Gasteiger partial charge on any atom is -0.463 e. The first-order chi connectivity index (χ1) is 15.2. The van der Waals surface area contributed by atoms with Crippen molar-refractivity contribution >= 4 is 23.8 Å². The number of nitrogens with one attached hydrogen (secondary N) is 2. The molecule has 7 nitrogen and oxygen atoms in total. The van der Waals surface area contributed by atoms with E-state index in [0.717, 1.165) is 27.9 Å². The van der Waals surface area contributed by atoms with Gasteiger partial charge in [-0.1, -0.05) is 35.5 Å². The third-order valence-electron chi connectivity index (χ3n) is 5.17. The largest absolute Gasteiger partial charge is 0.463 e. The number of ether oxygens (including phenoxy) is 1. The maximum Gasteiger partial charge on any atom is 0.338 e. The molecular formula is C24H26N4O3S. The van der Waals surface area contributed by atoms with Gasteiger partial charge in [-0.2, -0.15) is 5.26 Å². The summed E-state index contributed by atoms with van der Waals surface area (Å²) in [5.74, 6) is -0.233. The molecule has 1 aliphatic heterocycles. The number of thioether (sulfide) groups is 1. The smallest absolute Gasteiger partial charge is 0.338 e. The van der Waals surface area contributed by atoms with E-state index in [1.165, 1.54) is 11.8 Å². The molecule has 2 aromatic rings. The summed E-state index contributed by atoms with van der Waals surface area (Å²) < 4.78 is 5.34. The highest BCUT2D eigenvalue weighted by Crippen LogP contribution is 2.33. The fraction of sp³-hybridized carbons (Fsp3) is 0.333. The minimum absolute atomic E-state index is 0.216. The normalized spacial score (nSPS) is 15.6. The van der Waals surface area contributed by atoms with Crippen molar-refractivity contribution in [2.24, 2.45) is 0 Å². The van der Waals surface area contributed by atoms with E-state index in [-0.39, 0.29) is 12.4 Å². The molecule has 0 spiro atoms. The summed E-state index contributed by atoms with van der Waals surface area (Å²) >= 11 is 1.31. The van der Waals surface area contributed by atoms with Crippen LogP contribution < -0.4 is 10.6 Å². The maximum atomic E-state index is 13.0. The lowest BCUT2D eigenvalue weighted by Gasteiger charge is -2.30. The average molecular weight is 451 g/mol. The van der Waals surface area contributed by atoms with Crippen molar-refractivity contribution in [1.29, 1.82) is 5.26 Å². The minimum atomic E-state index is -0.638. The van der Waals surface area contributed by atoms with Crippen LogP contribution >= 0.6 is 11.8 Å². The second-order valence-electron chi connectivity index (χ2n) is 7.67. The standard InChI is InChI=1S/C24H26N4O3S/c1-6-31-23(29)20-19(12-32-22-18(11-25)15(4)10-16(5)26-22)27-24(30)28-21(20)17-9-13(2)7-8-14(17)3/h7-10,21H,6,12H2,1-5H3,(H2,27,28,30)/t21-/m0/s1. The SMILES string of the molecule is CCOC(=O)C1=C(CSc2nc(C)cc(C)c2C#N)NC(=O)N[C@H]1c1cc(C)ccc1C. The van der Waals surface area contributed by atoms with E-state index >= 15 is 0 Å². The van der Waals surface area contributed by atoms with E-state index < -0.39 is 18.0 Å². The van der Waals surface area contributed by atoms with Gasteiger partial charge < -0.3 is 15.4 Å². The highest BCUT2D eigenvalue weighted by atomic mass is 32.2. The van der Waals surface area contributed by atoms with Gasteiger partial charge >= 0.3 is 12.0 Å². The van der Waals surface area contributed by atoms with Crippen LogP contribution in [0.25, 0.3) is 0 Å². The summed E-state index contributed by atoms with van der Waals surface area (Å²) in [6.07, 6.45) is 0. The third-order valence-corrected chi connectivity index (χ3v) is 6.17. The second kappa shape index (κ2) is 9.88. The van der Waals surface area contributed by atoms with Crippen LogP contribution in [-0.4, -0.2) is 29.3 Å². The van der Waals surface area contributed by atoms with Gasteiger partial charge in [0.1, 0.15) is 11.1 Å². The number of carbonyl (C=O) groups excluding carboxylic acids is 2. The van der Waals surface area contributed by atoms with Crippen LogP contribution in [-0.2, 0) is 9.53 Å². The highest BCUT2D eigenvalue weighted by Gasteiger charge is 2.34. The van der Waals surface area contributed by atoms with Crippen LogP contribution in [0.4, 0.5) is 4.79 Å². The van der Waals surface area contributed by atoms with Crippen LogP contribution in [0, 0.1) is 39.0 Å². The number of nitriles is 1. The lowest BCUT2D eigenvalue weighted by molar-refractivity contribution is -0.139. The Kier molecular flexibility index (Phi) is 7.21. The molecule has 1 aromatic heterocycles. The van der Waals surface area contributed by atoms with Crippen molar-refractivity contribution < 1.29 is 14.3 Å². The molecule has 1 aliphatic rings. The highest BCUT2D eigenvalue weighted by molar-refractivity contribution is 7.99. The summed E-state index contributed by atoms with van der Waals surface area (Å²) in [7, 11) is 0. The fourth-order valence-corrected chi connectivity index (χ4v) is 4.74. The number of amides is 2. The predicted molar refractivity (Wildman–Crippen MR) is 123 cm³/mol. The topological polar surface area (TPSA) is 104 Å². The molecule has 32 heavy (non-hydrogen) atoms. The summed E-state index contributed by atoms with van der Waals surface area (Å²) in [4.78, 5) is 30.0. The molecule has 0 aliphatic carbocycles.